The molecule has 0 bridgehead atoms. The average Bonchev–Trinajstić information content (AvgIpc) is 3.02. The molecule has 3 rings (SSSR count). The molecule has 0 aliphatic carbocycles. The minimum Gasteiger partial charge on any atom is -0.379 e. The molecule has 0 radical (unpaired) electrons. The van der Waals surface area contributed by atoms with Crippen molar-refractivity contribution in [2.75, 3.05) is 50.5 Å². The Morgan fingerprint density at radius 2 is 1.90 bits per heavy atom. The van der Waals surface area contributed by atoms with Gasteiger partial charge >= 0.3 is 6.18 Å². The van der Waals surface area contributed by atoms with Crippen molar-refractivity contribution in [1.29, 1.82) is 0 Å². The second-order valence-corrected chi connectivity index (χ2v) is 7.60. The van der Waals surface area contributed by atoms with Crippen molar-refractivity contribution in [2.24, 2.45) is 0 Å². The van der Waals surface area contributed by atoms with Gasteiger partial charge in [0, 0.05) is 39.1 Å². The molecule has 2 aromatic rings. The topological polar surface area (TPSA) is 80.1 Å². The fourth-order valence-electron chi connectivity index (χ4n) is 3.23. The summed E-state index contributed by atoms with van der Waals surface area (Å²) in [7, 11) is 1.39. The molecule has 2 aromatic heterocycles. The summed E-state index contributed by atoms with van der Waals surface area (Å²) < 4.78 is 46.3. The largest absolute Gasteiger partial charge is 0.421 e. The molecular formula is C18H26F3N7O. The molecule has 1 fully saturated rings. The van der Waals surface area contributed by atoms with Gasteiger partial charge in [0.15, 0.2) is 0 Å². The Morgan fingerprint density at radius 3 is 2.52 bits per heavy atom. The second-order valence-electron chi connectivity index (χ2n) is 7.60. The highest BCUT2D eigenvalue weighted by molar-refractivity contribution is 5.58. The predicted octanol–water partition coefficient (Wildman–Crippen LogP) is 2.85. The van der Waals surface area contributed by atoms with E-state index in [1.165, 1.54) is 7.05 Å². The maximum atomic E-state index is 13.0. The highest BCUT2D eigenvalue weighted by Crippen LogP contribution is 2.34. The lowest BCUT2D eigenvalue weighted by molar-refractivity contribution is -0.137. The number of hydrogen-bond donors (Lipinski definition) is 2. The smallest absolute Gasteiger partial charge is 0.379 e. The first kappa shape index (κ1) is 21.3. The number of morpholine rings is 1. The summed E-state index contributed by atoms with van der Waals surface area (Å²) in [4.78, 5) is 10.1. The van der Waals surface area contributed by atoms with Crippen LogP contribution in [0.3, 0.4) is 0 Å². The fourth-order valence-corrected chi connectivity index (χ4v) is 3.23. The van der Waals surface area contributed by atoms with E-state index in [2.05, 4.69) is 44.4 Å². The second kappa shape index (κ2) is 8.15. The Balaban J connectivity index is 1.78. The Labute approximate surface area is 167 Å². The van der Waals surface area contributed by atoms with Crippen LogP contribution in [-0.4, -0.2) is 64.5 Å². The van der Waals surface area contributed by atoms with E-state index in [1.807, 2.05) is 17.8 Å². The molecule has 11 heteroatoms. The van der Waals surface area contributed by atoms with Crippen molar-refractivity contribution in [3.8, 4) is 0 Å². The van der Waals surface area contributed by atoms with Gasteiger partial charge < -0.3 is 15.4 Å². The van der Waals surface area contributed by atoms with E-state index in [0.717, 1.165) is 39.0 Å². The van der Waals surface area contributed by atoms with E-state index in [9.17, 15) is 13.2 Å². The van der Waals surface area contributed by atoms with E-state index in [4.69, 9.17) is 4.74 Å². The number of anilines is 3. The van der Waals surface area contributed by atoms with Crippen LogP contribution in [-0.2, 0) is 16.5 Å². The van der Waals surface area contributed by atoms with Crippen molar-refractivity contribution >= 4 is 17.5 Å². The molecule has 0 atom stereocenters. The first-order chi connectivity index (χ1) is 13.6. The first-order valence-electron chi connectivity index (χ1n) is 9.36. The maximum absolute atomic E-state index is 13.0. The van der Waals surface area contributed by atoms with E-state index >= 15 is 0 Å². The summed E-state index contributed by atoms with van der Waals surface area (Å²) in [5.74, 6) is -0.219. The Morgan fingerprint density at radius 1 is 1.21 bits per heavy atom. The third-order valence-corrected chi connectivity index (χ3v) is 4.81. The number of alkyl halides is 3. The highest BCUT2D eigenvalue weighted by Gasteiger charge is 2.35. The van der Waals surface area contributed by atoms with Gasteiger partial charge in [-0.1, -0.05) is 0 Å². The minimum atomic E-state index is -4.53. The number of rotatable bonds is 6. The standard InChI is InChI=1S/C18H26F3N7O/c1-12-14(24-16-23-9-13(18(19,20)21)15(22-4)25-16)10-28(26-12)17(2,3)11-27-5-7-29-8-6-27/h9-10H,5-8,11H2,1-4H3,(H2,22,23,24,25). The van der Waals surface area contributed by atoms with E-state index in [-0.39, 0.29) is 17.3 Å². The lowest BCUT2D eigenvalue weighted by atomic mass is 10.1. The highest BCUT2D eigenvalue weighted by atomic mass is 19.4. The van der Waals surface area contributed by atoms with E-state index in [1.54, 1.807) is 0 Å². The minimum absolute atomic E-state index is 0.0657. The van der Waals surface area contributed by atoms with Gasteiger partial charge in [0.1, 0.15) is 11.4 Å². The van der Waals surface area contributed by atoms with Crippen LogP contribution in [0.1, 0.15) is 25.1 Å². The Hall–Kier alpha value is -2.40. The zero-order chi connectivity index (χ0) is 21.2. The number of aromatic nitrogens is 4. The zero-order valence-corrected chi connectivity index (χ0v) is 17.0. The number of nitrogens with one attached hydrogen (secondary N) is 2. The molecule has 1 saturated heterocycles. The molecule has 0 saturated carbocycles. The molecule has 0 amide bonds. The summed E-state index contributed by atoms with van der Waals surface area (Å²) >= 11 is 0. The quantitative estimate of drug-likeness (QED) is 0.754. The summed E-state index contributed by atoms with van der Waals surface area (Å²) in [6.07, 6.45) is -1.93. The first-order valence-corrected chi connectivity index (χ1v) is 9.36. The molecule has 0 aromatic carbocycles. The number of hydrogen-bond acceptors (Lipinski definition) is 7. The molecule has 0 unspecified atom stereocenters. The SMILES string of the molecule is CNc1nc(Nc2cn(C(C)(C)CN3CCOCC3)nc2C)ncc1C(F)(F)F. The van der Waals surface area contributed by atoms with E-state index < -0.39 is 11.7 Å². The molecule has 160 valence electrons. The fraction of sp³-hybridized carbons (Fsp3) is 0.611. The predicted molar refractivity (Wildman–Crippen MR) is 103 cm³/mol. The number of ether oxygens (including phenoxy) is 1. The van der Waals surface area contributed by atoms with Gasteiger partial charge in [-0.25, -0.2) is 4.98 Å². The monoisotopic (exact) mass is 413 g/mol. The molecule has 8 nitrogen and oxygen atoms in total. The Kier molecular flexibility index (Phi) is 5.99. The van der Waals surface area contributed by atoms with Gasteiger partial charge in [-0.3, -0.25) is 9.58 Å². The maximum Gasteiger partial charge on any atom is 0.421 e. The van der Waals surface area contributed by atoms with Crippen LogP contribution in [0.25, 0.3) is 0 Å². The summed E-state index contributed by atoms with van der Waals surface area (Å²) in [5.41, 5.74) is 0.153. The zero-order valence-electron chi connectivity index (χ0n) is 17.0. The third kappa shape index (κ3) is 4.96. The molecular weight excluding hydrogens is 387 g/mol. The number of aryl methyl sites for hydroxylation is 1. The molecule has 29 heavy (non-hydrogen) atoms. The molecule has 2 N–H and O–H groups in total. The van der Waals surface area contributed by atoms with Gasteiger partial charge in [0.05, 0.1) is 30.1 Å². The van der Waals surface area contributed by atoms with Gasteiger partial charge in [-0.05, 0) is 20.8 Å². The van der Waals surface area contributed by atoms with Crippen LogP contribution in [0.2, 0.25) is 0 Å². The van der Waals surface area contributed by atoms with Crippen molar-refractivity contribution in [3.05, 3.63) is 23.7 Å². The van der Waals surface area contributed by atoms with Crippen molar-refractivity contribution in [2.45, 2.75) is 32.5 Å². The lowest BCUT2D eigenvalue weighted by Crippen LogP contribution is -2.46. The molecule has 1 aliphatic heterocycles. The van der Waals surface area contributed by atoms with Gasteiger partial charge in [0.25, 0.3) is 0 Å². The number of halogens is 3. The van der Waals surface area contributed by atoms with Crippen LogP contribution in [0.4, 0.5) is 30.6 Å². The van der Waals surface area contributed by atoms with Crippen molar-refractivity contribution in [1.82, 2.24) is 24.6 Å². The summed E-state index contributed by atoms with van der Waals surface area (Å²) in [6.45, 7) is 10.0. The summed E-state index contributed by atoms with van der Waals surface area (Å²) in [5, 5.41) is 10.0. The molecule has 0 spiro atoms. The molecule has 3 heterocycles. The number of nitrogens with zero attached hydrogens (tertiary/aromatic N) is 5. The van der Waals surface area contributed by atoms with Crippen molar-refractivity contribution < 1.29 is 17.9 Å². The van der Waals surface area contributed by atoms with Crippen molar-refractivity contribution in [3.63, 3.8) is 0 Å². The summed E-state index contributed by atoms with van der Waals surface area (Å²) in [6, 6.07) is 0. The van der Waals surface area contributed by atoms with Crippen LogP contribution in [0, 0.1) is 6.92 Å². The normalized spacial score (nSPS) is 16.1. The van der Waals surface area contributed by atoms with Gasteiger partial charge in [0.2, 0.25) is 5.95 Å². The van der Waals surface area contributed by atoms with Gasteiger partial charge in [-0.15, -0.1) is 0 Å². The molecule has 1 aliphatic rings. The van der Waals surface area contributed by atoms with Gasteiger partial charge in [-0.2, -0.15) is 23.3 Å². The van der Waals surface area contributed by atoms with Crippen LogP contribution in [0.5, 0.6) is 0 Å². The van der Waals surface area contributed by atoms with Crippen LogP contribution >= 0.6 is 0 Å². The van der Waals surface area contributed by atoms with E-state index in [0.29, 0.717) is 11.4 Å². The Bertz CT molecular complexity index is 844. The average molecular weight is 413 g/mol. The van der Waals surface area contributed by atoms with Crippen LogP contribution in [0.15, 0.2) is 12.4 Å². The lowest BCUT2D eigenvalue weighted by Gasteiger charge is -2.35. The third-order valence-electron chi connectivity index (χ3n) is 4.81. The van der Waals surface area contributed by atoms with Crippen LogP contribution < -0.4 is 10.6 Å².